The molecule has 0 atom stereocenters. The molecule has 0 radical (unpaired) electrons. The lowest BCUT2D eigenvalue weighted by atomic mass is 9.94. The molecule has 1 saturated carbocycles. The van der Waals surface area contributed by atoms with E-state index in [0.29, 0.717) is 31.1 Å². The van der Waals surface area contributed by atoms with E-state index in [1.165, 1.54) is 19.3 Å². The number of aromatic hydroxyl groups is 1. The highest BCUT2D eigenvalue weighted by Gasteiger charge is 2.24. The number of pyridine rings is 1. The van der Waals surface area contributed by atoms with Crippen molar-refractivity contribution in [3.05, 3.63) is 57.5 Å². The number of carbonyl (C=O) groups is 1. The predicted molar refractivity (Wildman–Crippen MR) is 145 cm³/mol. The first-order valence-corrected chi connectivity index (χ1v) is 13.9. The van der Waals surface area contributed by atoms with Gasteiger partial charge in [0, 0.05) is 57.0 Å². The van der Waals surface area contributed by atoms with Gasteiger partial charge in [-0.05, 0) is 49.6 Å². The standard InChI is InChI=1S/C27H37N5O3S/c33-23-10-9-20(26-25(23)31-27(35)36-26)11-15-29-18-19-32(22-7-2-1-3-8-22)24(34)13-17-28-16-12-21-6-4-5-14-30-21/h4-6,9-10,14,22,28-29,33H,1-3,7-8,11-13,15-19H2,(H,31,35). The molecule has 2 heterocycles. The first-order valence-electron chi connectivity index (χ1n) is 13.1. The van der Waals surface area contributed by atoms with Crippen LogP contribution in [-0.4, -0.2) is 64.6 Å². The number of nitrogens with one attached hydrogen (secondary N) is 3. The molecular formula is C27H37N5O3S. The van der Waals surface area contributed by atoms with Crippen molar-refractivity contribution in [2.24, 2.45) is 0 Å². The van der Waals surface area contributed by atoms with Crippen LogP contribution in [-0.2, 0) is 17.6 Å². The number of thiazole rings is 1. The van der Waals surface area contributed by atoms with Gasteiger partial charge in [0.25, 0.3) is 0 Å². The molecule has 1 amide bonds. The van der Waals surface area contributed by atoms with E-state index in [4.69, 9.17) is 0 Å². The number of hydrogen-bond donors (Lipinski definition) is 4. The van der Waals surface area contributed by atoms with Gasteiger partial charge in [0.2, 0.25) is 5.91 Å². The zero-order valence-electron chi connectivity index (χ0n) is 20.8. The summed E-state index contributed by atoms with van der Waals surface area (Å²) in [5, 5.41) is 16.8. The average molecular weight is 512 g/mol. The summed E-state index contributed by atoms with van der Waals surface area (Å²) in [4.78, 5) is 33.8. The number of phenolic OH excluding ortho intramolecular Hbond substituents is 1. The Morgan fingerprint density at radius 1 is 1.06 bits per heavy atom. The van der Waals surface area contributed by atoms with Crippen molar-refractivity contribution in [1.29, 1.82) is 0 Å². The van der Waals surface area contributed by atoms with Crippen LogP contribution in [0.4, 0.5) is 0 Å². The van der Waals surface area contributed by atoms with Gasteiger partial charge >= 0.3 is 4.87 Å². The van der Waals surface area contributed by atoms with Crippen molar-refractivity contribution >= 4 is 27.5 Å². The molecule has 0 bridgehead atoms. The third kappa shape index (κ3) is 7.38. The maximum Gasteiger partial charge on any atom is 0.305 e. The van der Waals surface area contributed by atoms with Gasteiger partial charge in [-0.3, -0.25) is 14.6 Å². The first-order chi connectivity index (χ1) is 17.6. The van der Waals surface area contributed by atoms with Gasteiger partial charge in [0.1, 0.15) is 11.3 Å². The van der Waals surface area contributed by atoms with Crippen LogP contribution in [0.5, 0.6) is 5.75 Å². The van der Waals surface area contributed by atoms with Gasteiger partial charge in [-0.1, -0.05) is 42.7 Å². The number of rotatable bonds is 13. The van der Waals surface area contributed by atoms with Crippen LogP contribution in [0.15, 0.2) is 41.3 Å². The maximum absolute atomic E-state index is 13.1. The summed E-state index contributed by atoms with van der Waals surface area (Å²) in [6.07, 6.45) is 9.77. The number of nitrogens with zero attached hydrogens (tertiary/aromatic N) is 2. The van der Waals surface area contributed by atoms with Crippen LogP contribution in [0.2, 0.25) is 0 Å². The third-order valence-electron chi connectivity index (χ3n) is 6.88. The van der Waals surface area contributed by atoms with E-state index in [1.807, 2.05) is 30.5 Å². The van der Waals surface area contributed by atoms with Gasteiger partial charge in [0.15, 0.2) is 0 Å². The van der Waals surface area contributed by atoms with Crippen LogP contribution < -0.4 is 15.5 Å². The number of hydrogen-bond acceptors (Lipinski definition) is 7. The number of phenols is 1. The highest BCUT2D eigenvalue weighted by Crippen LogP contribution is 2.28. The van der Waals surface area contributed by atoms with Crippen LogP contribution in [0.3, 0.4) is 0 Å². The normalized spacial score (nSPS) is 14.3. The summed E-state index contributed by atoms with van der Waals surface area (Å²) >= 11 is 1.13. The molecule has 0 spiro atoms. The number of aromatic nitrogens is 2. The van der Waals surface area contributed by atoms with E-state index in [1.54, 1.807) is 6.07 Å². The summed E-state index contributed by atoms with van der Waals surface area (Å²) in [6.45, 7) is 3.68. The van der Waals surface area contributed by atoms with E-state index >= 15 is 0 Å². The van der Waals surface area contributed by atoms with Crippen LogP contribution >= 0.6 is 11.3 Å². The fourth-order valence-electron chi connectivity index (χ4n) is 4.95. The minimum absolute atomic E-state index is 0.105. The molecule has 1 aliphatic carbocycles. The average Bonchev–Trinajstić information content (AvgIpc) is 3.30. The van der Waals surface area contributed by atoms with Crippen molar-refractivity contribution in [3.63, 3.8) is 0 Å². The zero-order chi connectivity index (χ0) is 25.2. The summed E-state index contributed by atoms with van der Waals surface area (Å²) in [5.74, 6) is 0.333. The van der Waals surface area contributed by atoms with Crippen LogP contribution in [0.25, 0.3) is 10.2 Å². The molecule has 36 heavy (non-hydrogen) atoms. The molecule has 194 valence electrons. The van der Waals surface area contributed by atoms with Crippen molar-refractivity contribution in [3.8, 4) is 5.75 Å². The molecule has 2 aromatic heterocycles. The zero-order valence-corrected chi connectivity index (χ0v) is 21.6. The van der Waals surface area contributed by atoms with Gasteiger partial charge in [0.05, 0.1) is 4.70 Å². The fraction of sp³-hybridized carbons (Fsp3) is 0.519. The van der Waals surface area contributed by atoms with Gasteiger partial charge in [-0.15, -0.1) is 0 Å². The first kappa shape index (κ1) is 26.3. The number of benzene rings is 1. The number of fused-ring (bicyclic) bond motifs is 1. The number of aromatic amines is 1. The molecule has 0 unspecified atom stereocenters. The van der Waals surface area contributed by atoms with E-state index in [9.17, 15) is 14.7 Å². The minimum Gasteiger partial charge on any atom is -0.506 e. The van der Waals surface area contributed by atoms with Crippen molar-refractivity contribution in [2.75, 3.05) is 32.7 Å². The molecule has 9 heteroatoms. The lowest BCUT2D eigenvalue weighted by Crippen LogP contribution is -2.45. The molecule has 1 fully saturated rings. The lowest BCUT2D eigenvalue weighted by Gasteiger charge is -2.34. The van der Waals surface area contributed by atoms with E-state index < -0.39 is 0 Å². The van der Waals surface area contributed by atoms with Gasteiger partial charge < -0.3 is 25.6 Å². The minimum atomic E-state index is -0.159. The molecule has 1 aliphatic rings. The molecular weight excluding hydrogens is 474 g/mol. The van der Waals surface area contributed by atoms with Crippen molar-refractivity contribution < 1.29 is 9.90 Å². The smallest absolute Gasteiger partial charge is 0.305 e. The van der Waals surface area contributed by atoms with Crippen molar-refractivity contribution in [2.45, 2.75) is 57.4 Å². The summed E-state index contributed by atoms with van der Waals surface area (Å²) < 4.78 is 0.816. The van der Waals surface area contributed by atoms with Crippen LogP contribution in [0.1, 0.15) is 49.8 Å². The second-order valence-electron chi connectivity index (χ2n) is 9.41. The lowest BCUT2D eigenvalue weighted by molar-refractivity contribution is -0.134. The Labute approximate surface area is 216 Å². The molecule has 3 aromatic rings. The van der Waals surface area contributed by atoms with Crippen LogP contribution in [0, 0.1) is 0 Å². The SMILES string of the molecule is O=C(CCNCCc1ccccn1)N(CCNCCc1ccc(O)c2[nH]c(=O)sc12)C1CCCCC1. The Morgan fingerprint density at radius 2 is 1.86 bits per heavy atom. The number of amides is 1. The predicted octanol–water partition coefficient (Wildman–Crippen LogP) is 3.21. The Morgan fingerprint density at radius 3 is 2.67 bits per heavy atom. The Balaban J connectivity index is 1.22. The topological polar surface area (TPSA) is 110 Å². The molecule has 4 rings (SSSR count). The second kappa shape index (κ2) is 13.5. The van der Waals surface area contributed by atoms with E-state index in [-0.39, 0.29) is 16.5 Å². The Bertz CT molecular complexity index is 1160. The second-order valence-corrected chi connectivity index (χ2v) is 10.4. The number of H-pyrrole nitrogens is 1. The number of carbonyl (C=O) groups excluding carboxylic acids is 1. The van der Waals surface area contributed by atoms with Gasteiger partial charge in [-0.2, -0.15) is 0 Å². The Hall–Kier alpha value is -2.75. The third-order valence-corrected chi connectivity index (χ3v) is 7.83. The quantitative estimate of drug-likeness (QED) is 0.262. The van der Waals surface area contributed by atoms with E-state index in [2.05, 4.69) is 25.5 Å². The molecule has 1 aromatic carbocycles. The molecule has 8 nitrogen and oxygen atoms in total. The monoisotopic (exact) mass is 511 g/mol. The van der Waals surface area contributed by atoms with Crippen molar-refractivity contribution in [1.82, 2.24) is 25.5 Å². The fourth-order valence-corrected chi connectivity index (χ4v) is 5.84. The molecule has 0 saturated heterocycles. The summed E-state index contributed by atoms with van der Waals surface area (Å²) in [5.41, 5.74) is 2.62. The Kier molecular flexibility index (Phi) is 9.89. The summed E-state index contributed by atoms with van der Waals surface area (Å²) in [6, 6.07) is 9.79. The highest BCUT2D eigenvalue weighted by atomic mass is 32.1. The van der Waals surface area contributed by atoms with E-state index in [0.717, 1.165) is 72.6 Å². The maximum atomic E-state index is 13.1. The highest BCUT2D eigenvalue weighted by molar-refractivity contribution is 7.16. The summed E-state index contributed by atoms with van der Waals surface area (Å²) in [7, 11) is 0. The molecule has 0 aliphatic heterocycles. The largest absolute Gasteiger partial charge is 0.506 e. The molecule has 4 N–H and O–H groups in total. The van der Waals surface area contributed by atoms with Gasteiger partial charge in [-0.25, -0.2) is 0 Å².